The number of nitrogens with zero attached hydrogens (tertiary/aromatic N) is 1. The molecule has 1 aliphatic rings. The fourth-order valence-electron chi connectivity index (χ4n) is 4.80. The molecule has 0 spiro atoms. The molecule has 14 nitrogen and oxygen atoms in total. The maximum absolute atomic E-state index is 15.2. The molecule has 1 fully saturated rings. The normalized spacial score (nSPS) is 21.1. The van der Waals surface area contributed by atoms with Gasteiger partial charge in [-0.3, -0.25) is 29.1 Å². The Morgan fingerprint density at radius 1 is 0.978 bits per heavy atom. The van der Waals surface area contributed by atoms with Gasteiger partial charge in [-0.25, -0.2) is 4.39 Å². The molecule has 1 aliphatic heterocycles. The second kappa shape index (κ2) is 16.0. The summed E-state index contributed by atoms with van der Waals surface area (Å²) in [6.07, 6.45) is -4.39. The molecule has 1 aromatic carbocycles. The van der Waals surface area contributed by atoms with Crippen molar-refractivity contribution in [3.8, 4) is 5.88 Å². The Balaban J connectivity index is 2.02. The number of aromatic nitrogens is 2. The minimum atomic E-state index is -1.53. The summed E-state index contributed by atoms with van der Waals surface area (Å²) in [4.78, 5) is 58.7. The second-order valence-electron chi connectivity index (χ2n) is 10.8. The van der Waals surface area contributed by atoms with Crippen LogP contribution in [0, 0.1) is 5.82 Å². The van der Waals surface area contributed by atoms with E-state index < -0.39 is 73.0 Å². The number of esters is 4. The number of halogens is 1. The van der Waals surface area contributed by atoms with Gasteiger partial charge >= 0.3 is 29.8 Å². The van der Waals surface area contributed by atoms with Gasteiger partial charge < -0.3 is 33.5 Å². The van der Waals surface area contributed by atoms with Crippen molar-refractivity contribution in [3.05, 3.63) is 52.5 Å². The van der Waals surface area contributed by atoms with Gasteiger partial charge in [-0.2, -0.15) is 0 Å². The zero-order chi connectivity index (χ0) is 34.1. The van der Waals surface area contributed by atoms with E-state index in [9.17, 15) is 24.0 Å². The number of aliphatic carboxylic acids is 1. The maximum atomic E-state index is 15.2. The van der Waals surface area contributed by atoms with E-state index in [2.05, 4.69) is 10.2 Å². The number of carbonyl (C=O) groups is 5. The highest BCUT2D eigenvalue weighted by Crippen LogP contribution is 2.34. The summed E-state index contributed by atoms with van der Waals surface area (Å²) in [5.74, 6) is -4.80. The van der Waals surface area contributed by atoms with Gasteiger partial charge in [-0.05, 0) is 23.1 Å². The van der Waals surface area contributed by atoms with Gasteiger partial charge in [0.25, 0.3) is 0 Å². The monoisotopic (exact) mass is 648 g/mol. The van der Waals surface area contributed by atoms with Crippen molar-refractivity contribution in [2.75, 3.05) is 6.61 Å². The first-order valence-electron chi connectivity index (χ1n) is 14.4. The lowest BCUT2D eigenvalue weighted by Crippen LogP contribution is -2.63. The second-order valence-corrected chi connectivity index (χ2v) is 10.8. The van der Waals surface area contributed by atoms with E-state index >= 15 is 4.39 Å². The van der Waals surface area contributed by atoms with Crippen LogP contribution >= 0.6 is 0 Å². The molecule has 2 heterocycles. The predicted molar refractivity (Wildman–Crippen MR) is 156 cm³/mol. The number of hydrogen-bond acceptors (Lipinski definition) is 12. The average molecular weight is 649 g/mol. The Labute approximate surface area is 264 Å². The molecule has 0 saturated carbocycles. The van der Waals surface area contributed by atoms with Crippen LogP contribution in [0.3, 0.4) is 0 Å². The number of hydrogen-bond donors (Lipinski definition) is 2. The number of ether oxygens (including phenoxy) is 6. The van der Waals surface area contributed by atoms with Crippen molar-refractivity contribution in [1.29, 1.82) is 0 Å². The predicted octanol–water partition coefficient (Wildman–Crippen LogP) is 3.21. The van der Waals surface area contributed by atoms with E-state index in [1.165, 1.54) is 18.2 Å². The van der Waals surface area contributed by atoms with Crippen molar-refractivity contribution >= 4 is 35.9 Å². The van der Waals surface area contributed by atoms with Crippen LogP contribution in [0.2, 0.25) is 0 Å². The van der Waals surface area contributed by atoms with Crippen molar-refractivity contribution in [2.24, 2.45) is 0 Å². The average Bonchev–Trinajstić information content (AvgIpc) is 3.33. The molecule has 2 aromatic rings. The van der Waals surface area contributed by atoms with Gasteiger partial charge in [0.05, 0.1) is 6.42 Å². The molecule has 46 heavy (non-hydrogen) atoms. The fraction of sp³-hybridized carbons (Fsp3) is 0.484. The molecular weight excluding hydrogens is 611 g/mol. The molecule has 0 amide bonds. The highest BCUT2D eigenvalue weighted by Gasteiger charge is 2.53. The minimum absolute atomic E-state index is 0.00439. The van der Waals surface area contributed by atoms with Crippen LogP contribution in [-0.4, -0.2) is 82.5 Å². The number of rotatable bonds is 13. The number of carboxylic acids is 1. The molecular formula is C31H37FN2O12. The van der Waals surface area contributed by atoms with Gasteiger partial charge in [0.15, 0.2) is 12.2 Å². The first kappa shape index (κ1) is 35.7. The third-order valence-electron chi connectivity index (χ3n) is 6.66. The summed E-state index contributed by atoms with van der Waals surface area (Å²) in [6.45, 7) is 7.78. The van der Waals surface area contributed by atoms with Crippen LogP contribution in [-0.2, 0) is 54.1 Å². The Morgan fingerprint density at radius 3 is 2.17 bits per heavy atom. The molecule has 0 bridgehead atoms. The van der Waals surface area contributed by atoms with Crippen LogP contribution < -0.4 is 4.74 Å². The van der Waals surface area contributed by atoms with Crippen molar-refractivity contribution < 1.29 is 61.9 Å². The van der Waals surface area contributed by atoms with Crippen LogP contribution in [0.15, 0.2) is 24.3 Å². The number of carboxylic acid groups (broad SMARTS) is 1. The number of carbonyl (C=O) groups excluding carboxylic acids is 4. The summed E-state index contributed by atoms with van der Waals surface area (Å²) in [6, 6.07) is 4.44. The third-order valence-corrected chi connectivity index (χ3v) is 6.66. The maximum Gasteiger partial charge on any atom is 0.307 e. The first-order chi connectivity index (χ1) is 21.7. The number of aromatic amines is 1. The van der Waals surface area contributed by atoms with E-state index in [1.807, 2.05) is 13.8 Å². The largest absolute Gasteiger partial charge is 0.481 e. The number of nitrogens with one attached hydrogen (secondary N) is 1. The molecule has 0 radical (unpaired) electrons. The summed E-state index contributed by atoms with van der Waals surface area (Å²) >= 11 is 0. The topological polar surface area (TPSA) is 190 Å². The SMILES string of the molecule is CC(=O)OC[C@H]1O[C@@H](Oc2n[nH]c(C(C)C)c2Cc2ccc(C=CCC(=O)O)cc2F)[C@H](OC(C)=O)[C@@H](OC(C)=O)[C@H]1OC(C)=O. The van der Waals surface area contributed by atoms with Gasteiger partial charge in [0.1, 0.15) is 18.5 Å². The van der Waals surface area contributed by atoms with Crippen molar-refractivity contribution in [2.45, 2.75) is 91.0 Å². The zero-order valence-corrected chi connectivity index (χ0v) is 26.2. The van der Waals surface area contributed by atoms with E-state index in [1.54, 1.807) is 12.1 Å². The number of H-pyrrole nitrogens is 1. The van der Waals surface area contributed by atoms with Gasteiger partial charge in [0, 0.05) is 45.4 Å². The summed E-state index contributed by atoms with van der Waals surface area (Å²) < 4.78 is 48.8. The fourth-order valence-corrected chi connectivity index (χ4v) is 4.80. The molecule has 3 rings (SSSR count). The Morgan fingerprint density at radius 2 is 1.61 bits per heavy atom. The highest BCUT2D eigenvalue weighted by molar-refractivity contribution is 5.70. The van der Waals surface area contributed by atoms with Crippen LogP contribution in [0.5, 0.6) is 5.88 Å². The minimum Gasteiger partial charge on any atom is -0.481 e. The molecule has 5 atom stereocenters. The van der Waals surface area contributed by atoms with Gasteiger partial charge in [0.2, 0.25) is 18.3 Å². The van der Waals surface area contributed by atoms with E-state index in [0.29, 0.717) is 16.8 Å². The molecule has 1 saturated heterocycles. The van der Waals surface area contributed by atoms with Crippen LogP contribution in [0.4, 0.5) is 4.39 Å². The standard InChI is InChI=1S/C31H37FN2O12/c1-15(2)26-22(13-21-11-10-20(12-23(21)32)8-7-9-25(39)40)30(34-33-26)46-31-29(44-19(6)38)28(43-18(5)37)27(42-17(4)36)24(45-31)14-41-16(3)35/h7-8,10-12,15,24,27-29,31H,9,13-14H2,1-6H3,(H,33,34)(H,39,40)/t24-,27+,28+,29-,31+/m1/s1. The van der Waals surface area contributed by atoms with Crippen molar-refractivity contribution in [1.82, 2.24) is 10.2 Å². The first-order valence-corrected chi connectivity index (χ1v) is 14.4. The van der Waals surface area contributed by atoms with E-state index in [-0.39, 0.29) is 30.2 Å². The van der Waals surface area contributed by atoms with Crippen molar-refractivity contribution in [3.63, 3.8) is 0 Å². The lowest BCUT2D eigenvalue weighted by atomic mass is 9.97. The summed E-state index contributed by atoms with van der Waals surface area (Å²) in [5, 5.41) is 16.0. The molecule has 15 heteroatoms. The Kier molecular flexibility index (Phi) is 12.4. The molecule has 0 aliphatic carbocycles. The van der Waals surface area contributed by atoms with E-state index in [4.69, 9.17) is 33.5 Å². The molecule has 0 unspecified atom stereocenters. The molecule has 250 valence electrons. The quantitative estimate of drug-likeness (QED) is 0.238. The summed E-state index contributed by atoms with van der Waals surface area (Å²) in [7, 11) is 0. The molecule has 2 N–H and O–H groups in total. The Hall–Kier alpha value is -4.79. The zero-order valence-electron chi connectivity index (χ0n) is 26.2. The van der Waals surface area contributed by atoms with Crippen LogP contribution in [0.1, 0.15) is 76.3 Å². The van der Waals surface area contributed by atoms with Gasteiger partial charge in [-0.15, -0.1) is 5.10 Å². The summed E-state index contributed by atoms with van der Waals surface area (Å²) in [5.41, 5.74) is 1.78. The van der Waals surface area contributed by atoms with Crippen LogP contribution in [0.25, 0.3) is 6.08 Å². The Bertz CT molecular complexity index is 1470. The molecule has 1 aromatic heterocycles. The highest BCUT2D eigenvalue weighted by atomic mass is 19.1. The van der Waals surface area contributed by atoms with Gasteiger partial charge in [-0.1, -0.05) is 38.1 Å². The third kappa shape index (κ3) is 9.86. The van der Waals surface area contributed by atoms with E-state index in [0.717, 1.165) is 27.7 Å². The number of benzene rings is 1. The lowest BCUT2D eigenvalue weighted by Gasteiger charge is -2.43. The smallest absolute Gasteiger partial charge is 0.307 e. The lowest BCUT2D eigenvalue weighted by molar-refractivity contribution is -0.289.